The molecule has 0 saturated heterocycles. The second-order valence-corrected chi connectivity index (χ2v) is 7.41. The molecule has 3 rings (SSSR count). The van der Waals surface area contributed by atoms with Gasteiger partial charge in [0.15, 0.2) is 11.0 Å². The molecule has 0 aliphatic heterocycles. The number of halogens is 2. The lowest BCUT2D eigenvalue weighted by atomic mass is 10.1. The topological polar surface area (TPSA) is 58.2 Å². The van der Waals surface area contributed by atoms with Crippen LogP contribution in [0.3, 0.4) is 0 Å². The molecule has 3 aromatic carbocycles. The van der Waals surface area contributed by atoms with Gasteiger partial charge in [0, 0.05) is 10.2 Å². The summed E-state index contributed by atoms with van der Waals surface area (Å²) in [6, 6.07) is 19.7. The predicted molar refractivity (Wildman–Crippen MR) is 105 cm³/mol. The first-order chi connectivity index (χ1) is 12.5. The van der Waals surface area contributed by atoms with Crippen LogP contribution in [0.5, 0.6) is 0 Å². The van der Waals surface area contributed by atoms with Crippen molar-refractivity contribution in [3.8, 4) is 0 Å². The third kappa shape index (κ3) is 4.36. The average Bonchev–Trinajstić information content (AvgIpc) is 2.64. The Morgan fingerprint density at radius 2 is 1.65 bits per heavy atom. The lowest BCUT2D eigenvalue weighted by Gasteiger charge is -2.13. The molecule has 0 saturated carbocycles. The van der Waals surface area contributed by atoms with E-state index in [0.29, 0.717) is 15.8 Å². The number of anilines is 2. The van der Waals surface area contributed by atoms with Gasteiger partial charge in [0.25, 0.3) is 5.91 Å². The summed E-state index contributed by atoms with van der Waals surface area (Å²) < 4.78 is 29.7. The first kappa shape index (κ1) is 18.3. The van der Waals surface area contributed by atoms with Crippen molar-refractivity contribution in [1.29, 1.82) is 0 Å². The Morgan fingerprint density at radius 3 is 2.38 bits per heavy atom. The third-order valence-electron chi connectivity index (χ3n) is 3.50. The molecule has 1 amide bonds. The zero-order valence-corrected chi connectivity index (χ0v) is 15.8. The lowest BCUT2D eigenvalue weighted by Crippen LogP contribution is -2.16. The fourth-order valence-corrected chi connectivity index (χ4v) is 3.56. The number of amides is 1. The molecule has 4 nitrogen and oxygen atoms in total. The molecule has 0 fully saturated rings. The van der Waals surface area contributed by atoms with Crippen LogP contribution >= 0.6 is 15.9 Å². The summed E-state index contributed by atoms with van der Waals surface area (Å²) in [6.45, 7) is 0. The molecular formula is C19H14BrFN2O2S. The highest BCUT2D eigenvalue weighted by Gasteiger charge is 2.16. The van der Waals surface area contributed by atoms with E-state index in [4.69, 9.17) is 0 Å². The van der Waals surface area contributed by atoms with Crippen LogP contribution in [-0.2, 0) is 11.0 Å². The molecule has 26 heavy (non-hydrogen) atoms. The third-order valence-corrected chi connectivity index (χ3v) is 5.13. The molecule has 0 spiro atoms. The van der Waals surface area contributed by atoms with Crippen LogP contribution in [0.1, 0.15) is 10.4 Å². The van der Waals surface area contributed by atoms with E-state index in [1.165, 1.54) is 18.2 Å². The number of benzene rings is 3. The van der Waals surface area contributed by atoms with E-state index in [0.717, 1.165) is 0 Å². The van der Waals surface area contributed by atoms with Gasteiger partial charge in [-0.25, -0.2) is 8.60 Å². The van der Waals surface area contributed by atoms with Crippen LogP contribution in [0, 0.1) is 5.82 Å². The van der Waals surface area contributed by atoms with E-state index in [9.17, 15) is 13.4 Å². The summed E-state index contributed by atoms with van der Waals surface area (Å²) in [5.41, 5.74) is 1.26. The Labute approximate surface area is 161 Å². The molecule has 7 heteroatoms. The van der Waals surface area contributed by atoms with Crippen LogP contribution in [-0.4, -0.2) is 10.1 Å². The van der Waals surface area contributed by atoms with Gasteiger partial charge in [0.05, 0.1) is 16.1 Å². The summed E-state index contributed by atoms with van der Waals surface area (Å²) in [7, 11) is -1.85. The van der Waals surface area contributed by atoms with E-state index in [1.54, 1.807) is 36.4 Å². The summed E-state index contributed by atoms with van der Waals surface area (Å²) in [5, 5.41) is 2.78. The standard InChI is InChI=1S/C19H14BrFN2O2S/c20-13-10-11-17(23-26(25)18-9-5-4-8-16(18)21)15(12-13)19(24)22-14-6-2-1-3-7-14/h1-12,23H,(H,22,24). The number of para-hydroxylation sites is 1. The van der Waals surface area contributed by atoms with Crippen molar-refractivity contribution in [2.24, 2.45) is 0 Å². The molecule has 0 aliphatic rings. The Morgan fingerprint density at radius 1 is 0.962 bits per heavy atom. The number of hydrogen-bond acceptors (Lipinski definition) is 2. The van der Waals surface area contributed by atoms with Gasteiger partial charge < -0.3 is 10.0 Å². The molecule has 0 aromatic heterocycles. The van der Waals surface area contributed by atoms with E-state index < -0.39 is 16.8 Å². The number of hydrogen-bond donors (Lipinski definition) is 2. The molecule has 0 bridgehead atoms. The minimum Gasteiger partial charge on any atom is -0.322 e. The van der Waals surface area contributed by atoms with Crippen LogP contribution in [0.2, 0.25) is 0 Å². The maximum absolute atomic E-state index is 13.8. The average molecular weight is 433 g/mol. The van der Waals surface area contributed by atoms with Crippen molar-refractivity contribution in [3.63, 3.8) is 0 Å². The fourth-order valence-electron chi connectivity index (χ4n) is 2.26. The van der Waals surface area contributed by atoms with Crippen molar-refractivity contribution >= 4 is 44.2 Å². The van der Waals surface area contributed by atoms with Gasteiger partial charge in [-0.3, -0.25) is 4.79 Å². The second-order valence-electron chi connectivity index (χ2n) is 5.31. The number of rotatable bonds is 5. The summed E-state index contributed by atoms with van der Waals surface area (Å²) in [6.07, 6.45) is 0. The summed E-state index contributed by atoms with van der Waals surface area (Å²) in [4.78, 5) is 12.6. The van der Waals surface area contributed by atoms with Gasteiger partial charge in [-0.05, 0) is 42.5 Å². The smallest absolute Gasteiger partial charge is 0.257 e. The SMILES string of the molecule is O=C(Nc1ccccc1)c1cc(Br)ccc1NS(=O)c1ccccc1F. The Bertz CT molecular complexity index is 967. The summed E-state index contributed by atoms with van der Waals surface area (Å²) in [5.74, 6) is -0.948. The van der Waals surface area contributed by atoms with E-state index in [1.807, 2.05) is 18.2 Å². The zero-order chi connectivity index (χ0) is 18.5. The first-order valence-electron chi connectivity index (χ1n) is 7.63. The lowest BCUT2D eigenvalue weighted by molar-refractivity contribution is 0.102. The van der Waals surface area contributed by atoms with Crippen LogP contribution in [0.15, 0.2) is 82.2 Å². The molecule has 0 heterocycles. The van der Waals surface area contributed by atoms with Gasteiger partial charge in [0.2, 0.25) is 0 Å². The van der Waals surface area contributed by atoms with Crippen LogP contribution < -0.4 is 10.0 Å². The van der Waals surface area contributed by atoms with Gasteiger partial charge in [0.1, 0.15) is 5.82 Å². The van der Waals surface area contributed by atoms with Gasteiger partial charge in [-0.15, -0.1) is 0 Å². The van der Waals surface area contributed by atoms with Crippen molar-refractivity contribution in [2.75, 3.05) is 10.0 Å². The predicted octanol–water partition coefficient (Wildman–Crippen LogP) is 4.98. The Balaban J connectivity index is 1.87. The van der Waals surface area contributed by atoms with Crippen molar-refractivity contribution < 1.29 is 13.4 Å². The second kappa shape index (κ2) is 8.25. The van der Waals surface area contributed by atoms with Crippen molar-refractivity contribution in [3.05, 3.63) is 88.6 Å². The van der Waals surface area contributed by atoms with E-state index in [2.05, 4.69) is 26.0 Å². The molecule has 2 N–H and O–H groups in total. The first-order valence-corrected chi connectivity index (χ1v) is 9.58. The monoisotopic (exact) mass is 432 g/mol. The highest BCUT2D eigenvalue weighted by Crippen LogP contribution is 2.24. The van der Waals surface area contributed by atoms with Gasteiger partial charge in [-0.2, -0.15) is 0 Å². The molecule has 1 unspecified atom stereocenters. The van der Waals surface area contributed by atoms with Crippen LogP contribution in [0.25, 0.3) is 0 Å². The Kier molecular flexibility index (Phi) is 5.80. The maximum atomic E-state index is 13.8. The van der Waals surface area contributed by atoms with Crippen LogP contribution in [0.4, 0.5) is 15.8 Å². The summed E-state index contributed by atoms with van der Waals surface area (Å²) >= 11 is 3.33. The molecule has 3 aromatic rings. The quantitative estimate of drug-likeness (QED) is 0.597. The van der Waals surface area contributed by atoms with Gasteiger partial charge in [-0.1, -0.05) is 46.3 Å². The Hall–Kier alpha value is -2.51. The highest BCUT2D eigenvalue weighted by molar-refractivity contribution is 9.10. The van der Waals surface area contributed by atoms with Crippen molar-refractivity contribution in [1.82, 2.24) is 0 Å². The molecule has 0 aliphatic carbocycles. The molecular weight excluding hydrogens is 419 g/mol. The minimum atomic E-state index is -1.85. The van der Waals surface area contributed by atoms with Crippen molar-refractivity contribution in [2.45, 2.75) is 4.90 Å². The largest absolute Gasteiger partial charge is 0.322 e. The normalized spacial score (nSPS) is 11.6. The molecule has 1 atom stereocenters. The number of nitrogens with one attached hydrogen (secondary N) is 2. The maximum Gasteiger partial charge on any atom is 0.257 e. The zero-order valence-electron chi connectivity index (χ0n) is 13.4. The number of carbonyl (C=O) groups excluding carboxylic acids is 1. The molecule has 132 valence electrons. The van der Waals surface area contributed by atoms with E-state index in [-0.39, 0.29) is 16.4 Å². The van der Waals surface area contributed by atoms with E-state index >= 15 is 0 Å². The highest BCUT2D eigenvalue weighted by atomic mass is 79.9. The fraction of sp³-hybridized carbons (Fsp3) is 0. The number of carbonyl (C=O) groups is 1. The van der Waals surface area contributed by atoms with Gasteiger partial charge >= 0.3 is 0 Å². The molecule has 0 radical (unpaired) electrons. The minimum absolute atomic E-state index is 0.0184.